The number of hydroxylamine groups is 2. The van der Waals surface area contributed by atoms with E-state index in [0.717, 1.165) is 5.06 Å². The molecule has 1 aromatic carbocycles. The zero-order valence-electron chi connectivity index (χ0n) is 10.1. The summed E-state index contributed by atoms with van der Waals surface area (Å²) in [5.74, 6) is -0.532. The van der Waals surface area contributed by atoms with Gasteiger partial charge in [-0.25, -0.2) is 18.2 Å². The van der Waals surface area contributed by atoms with E-state index >= 15 is 0 Å². The number of halogens is 1. The Morgan fingerprint density at radius 2 is 2.06 bits per heavy atom. The van der Waals surface area contributed by atoms with Crippen LogP contribution in [0.25, 0.3) is 0 Å². The maximum atomic E-state index is 11.9. The van der Waals surface area contributed by atoms with Crippen molar-refractivity contribution >= 4 is 27.5 Å². The smallest absolute Gasteiger partial charge is 0.274 e. The van der Waals surface area contributed by atoms with Gasteiger partial charge in [0.15, 0.2) is 0 Å². The molecule has 0 atom stereocenters. The molecule has 18 heavy (non-hydrogen) atoms. The molecule has 100 valence electrons. The van der Waals surface area contributed by atoms with Crippen LogP contribution in [0, 0.1) is 0 Å². The second kappa shape index (κ2) is 5.66. The number of hydrogen-bond donors (Lipinski definition) is 1. The van der Waals surface area contributed by atoms with Gasteiger partial charge in [0.2, 0.25) is 10.0 Å². The maximum absolute atomic E-state index is 11.9. The van der Waals surface area contributed by atoms with Crippen LogP contribution >= 0.6 is 11.6 Å². The van der Waals surface area contributed by atoms with Crippen molar-refractivity contribution in [3.05, 3.63) is 28.8 Å². The first-order valence-corrected chi connectivity index (χ1v) is 6.75. The molecule has 1 N–H and O–H groups in total. The van der Waals surface area contributed by atoms with E-state index in [-0.39, 0.29) is 15.5 Å². The van der Waals surface area contributed by atoms with Crippen molar-refractivity contribution in [2.24, 2.45) is 0 Å². The molecule has 0 heterocycles. The largest absolute Gasteiger partial charge is 0.278 e. The fourth-order valence-electron chi connectivity index (χ4n) is 1.21. The summed E-state index contributed by atoms with van der Waals surface area (Å²) in [4.78, 5) is 16.6. The number of nitrogens with zero attached hydrogens (tertiary/aromatic N) is 1. The van der Waals surface area contributed by atoms with Crippen LogP contribution in [0.3, 0.4) is 0 Å². The van der Waals surface area contributed by atoms with Crippen molar-refractivity contribution < 1.29 is 18.0 Å². The third-order valence-electron chi connectivity index (χ3n) is 2.31. The summed E-state index contributed by atoms with van der Waals surface area (Å²) in [7, 11) is 0.381. The average molecular weight is 293 g/mol. The van der Waals surface area contributed by atoms with E-state index < -0.39 is 15.9 Å². The maximum Gasteiger partial charge on any atom is 0.278 e. The van der Waals surface area contributed by atoms with Crippen molar-refractivity contribution in [2.45, 2.75) is 4.90 Å². The van der Waals surface area contributed by atoms with E-state index in [2.05, 4.69) is 4.72 Å². The Bertz CT molecular complexity index is 559. The zero-order chi connectivity index (χ0) is 13.9. The molecular weight excluding hydrogens is 280 g/mol. The summed E-state index contributed by atoms with van der Waals surface area (Å²) in [6.45, 7) is 0. The number of nitrogens with one attached hydrogen (secondary N) is 1. The summed E-state index contributed by atoms with van der Waals surface area (Å²) in [5.41, 5.74) is 0.0531. The van der Waals surface area contributed by atoms with E-state index in [1.807, 2.05) is 0 Å². The van der Waals surface area contributed by atoms with Gasteiger partial charge in [0.25, 0.3) is 5.91 Å². The van der Waals surface area contributed by atoms with E-state index in [9.17, 15) is 13.2 Å². The number of carbonyl (C=O) groups excluding carboxylic acids is 1. The minimum Gasteiger partial charge on any atom is -0.274 e. The number of rotatable bonds is 4. The lowest BCUT2D eigenvalue weighted by molar-refractivity contribution is -0.0757. The van der Waals surface area contributed by atoms with Crippen LogP contribution in [0.2, 0.25) is 5.02 Å². The van der Waals surface area contributed by atoms with Crippen molar-refractivity contribution in [3.8, 4) is 0 Å². The van der Waals surface area contributed by atoms with Crippen LogP contribution < -0.4 is 4.72 Å². The molecule has 6 nitrogen and oxygen atoms in total. The van der Waals surface area contributed by atoms with Crippen LogP contribution in [0.5, 0.6) is 0 Å². The Morgan fingerprint density at radius 1 is 1.44 bits per heavy atom. The fraction of sp³-hybridized carbons (Fsp3) is 0.300. The summed E-state index contributed by atoms with van der Waals surface area (Å²) in [6.07, 6.45) is 0. The number of hydrogen-bond acceptors (Lipinski definition) is 4. The van der Waals surface area contributed by atoms with Gasteiger partial charge in [-0.3, -0.25) is 9.63 Å². The predicted molar refractivity (Wildman–Crippen MR) is 66.8 cm³/mol. The number of benzene rings is 1. The predicted octanol–water partition coefficient (Wildman–Crippen LogP) is 0.881. The lowest BCUT2D eigenvalue weighted by Crippen LogP contribution is -2.26. The van der Waals surface area contributed by atoms with Crippen LogP contribution in [0.15, 0.2) is 23.1 Å². The summed E-state index contributed by atoms with van der Waals surface area (Å²) in [5, 5.41) is 1.11. The van der Waals surface area contributed by atoms with Gasteiger partial charge in [-0.1, -0.05) is 11.6 Å². The molecule has 1 amide bonds. The Hall–Kier alpha value is -1.15. The zero-order valence-corrected chi connectivity index (χ0v) is 11.7. The van der Waals surface area contributed by atoms with Gasteiger partial charge in [-0.05, 0) is 25.2 Å². The Kier molecular flexibility index (Phi) is 4.69. The number of sulfonamides is 1. The van der Waals surface area contributed by atoms with Gasteiger partial charge in [-0.15, -0.1) is 0 Å². The molecule has 0 unspecified atom stereocenters. The lowest BCUT2D eigenvalue weighted by atomic mass is 10.2. The monoisotopic (exact) mass is 292 g/mol. The van der Waals surface area contributed by atoms with Crippen LogP contribution in [-0.2, 0) is 14.9 Å². The molecule has 1 rings (SSSR count). The number of amides is 1. The lowest BCUT2D eigenvalue weighted by Gasteiger charge is -2.15. The Labute approximate surface area is 110 Å². The molecule has 0 bridgehead atoms. The summed E-state index contributed by atoms with van der Waals surface area (Å²) < 4.78 is 25.4. The standard InChI is InChI=1S/C10H13ClN2O4S/c1-12-18(15,16)7-4-5-9(11)8(6-7)10(14)13(2)17-3/h4-6,12H,1-3H3. The van der Waals surface area contributed by atoms with Crippen LogP contribution in [-0.4, -0.2) is 40.6 Å². The van der Waals surface area contributed by atoms with E-state index in [1.54, 1.807) is 0 Å². The second-order valence-corrected chi connectivity index (χ2v) is 5.63. The van der Waals surface area contributed by atoms with Gasteiger partial charge in [0.1, 0.15) is 0 Å². The number of carbonyl (C=O) groups is 1. The highest BCUT2D eigenvalue weighted by Crippen LogP contribution is 2.21. The third-order valence-corrected chi connectivity index (χ3v) is 4.05. The summed E-state index contributed by atoms with van der Waals surface area (Å²) in [6, 6.07) is 3.87. The van der Waals surface area contributed by atoms with Gasteiger partial charge in [0, 0.05) is 7.05 Å². The molecule has 0 aliphatic carbocycles. The van der Waals surface area contributed by atoms with Crippen molar-refractivity contribution in [1.29, 1.82) is 0 Å². The van der Waals surface area contributed by atoms with Gasteiger partial charge in [-0.2, -0.15) is 0 Å². The molecule has 1 aromatic rings. The highest BCUT2D eigenvalue weighted by molar-refractivity contribution is 7.89. The molecule has 0 saturated carbocycles. The molecule has 8 heteroatoms. The van der Waals surface area contributed by atoms with E-state index in [0.29, 0.717) is 0 Å². The average Bonchev–Trinajstić information content (AvgIpc) is 2.37. The quantitative estimate of drug-likeness (QED) is 0.836. The molecule has 0 radical (unpaired) electrons. The van der Waals surface area contributed by atoms with Crippen LogP contribution in [0.4, 0.5) is 0 Å². The van der Waals surface area contributed by atoms with Crippen molar-refractivity contribution in [1.82, 2.24) is 9.79 Å². The molecule has 0 aliphatic rings. The molecule has 0 spiro atoms. The van der Waals surface area contributed by atoms with Gasteiger partial charge in [0.05, 0.1) is 22.6 Å². The SMILES string of the molecule is CNS(=O)(=O)c1ccc(Cl)c(C(=O)N(C)OC)c1. The van der Waals surface area contributed by atoms with Gasteiger partial charge < -0.3 is 0 Å². The second-order valence-electron chi connectivity index (χ2n) is 3.33. The van der Waals surface area contributed by atoms with E-state index in [1.165, 1.54) is 39.4 Å². The first kappa shape index (κ1) is 14.9. The fourth-order valence-corrected chi connectivity index (χ4v) is 2.16. The minimum atomic E-state index is -3.62. The van der Waals surface area contributed by atoms with Gasteiger partial charge >= 0.3 is 0 Å². The third kappa shape index (κ3) is 2.99. The normalized spacial score (nSPS) is 11.3. The van der Waals surface area contributed by atoms with Crippen LogP contribution in [0.1, 0.15) is 10.4 Å². The highest BCUT2D eigenvalue weighted by atomic mass is 35.5. The molecule has 0 fully saturated rings. The van der Waals surface area contributed by atoms with Crippen molar-refractivity contribution in [2.75, 3.05) is 21.2 Å². The minimum absolute atomic E-state index is 0.0396. The van der Waals surface area contributed by atoms with E-state index in [4.69, 9.17) is 16.4 Å². The topological polar surface area (TPSA) is 75.7 Å². The first-order valence-electron chi connectivity index (χ1n) is 4.88. The van der Waals surface area contributed by atoms with Crippen molar-refractivity contribution in [3.63, 3.8) is 0 Å². The summed E-state index contributed by atoms with van der Waals surface area (Å²) >= 11 is 5.87. The molecular formula is C10H13ClN2O4S. The Morgan fingerprint density at radius 3 is 2.56 bits per heavy atom. The molecule has 0 saturated heterocycles. The molecule has 0 aliphatic heterocycles. The Balaban J connectivity index is 3.30. The highest BCUT2D eigenvalue weighted by Gasteiger charge is 2.19. The first-order chi connectivity index (χ1) is 8.33. The molecule has 0 aromatic heterocycles.